The van der Waals surface area contributed by atoms with Gasteiger partial charge in [-0.15, -0.1) is 0 Å². The maximum absolute atomic E-state index is 10.5. The van der Waals surface area contributed by atoms with Crippen molar-refractivity contribution in [2.45, 2.75) is 54.8 Å². The van der Waals surface area contributed by atoms with Gasteiger partial charge in [0.05, 0.1) is 6.61 Å². The van der Waals surface area contributed by atoms with Crippen LogP contribution in [-0.2, 0) is 18.9 Å². The van der Waals surface area contributed by atoms with Crippen molar-refractivity contribution in [1.29, 1.82) is 0 Å². The third-order valence-electron chi connectivity index (χ3n) is 4.26. The van der Waals surface area contributed by atoms with Gasteiger partial charge in [0, 0.05) is 0 Å². The number of aliphatic hydroxyl groups excluding tert-OH is 7. The second-order valence-electron chi connectivity index (χ2n) is 5.95. The van der Waals surface area contributed by atoms with Crippen LogP contribution in [0.1, 0.15) is 2.85 Å². The third-order valence-corrected chi connectivity index (χ3v) is 4.26. The quantitative estimate of drug-likeness (QED) is 0.152. The molecule has 27 heavy (non-hydrogen) atoms. The summed E-state index contributed by atoms with van der Waals surface area (Å²) < 4.78 is 19.8. The average molecular weight is 413 g/mol. The Morgan fingerprint density at radius 2 is 1.63 bits per heavy atom. The van der Waals surface area contributed by atoms with Crippen molar-refractivity contribution in [1.82, 2.24) is 0 Å². The van der Waals surface area contributed by atoms with Crippen LogP contribution in [0.2, 0.25) is 0 Å². The number of aliphatic hydroxyl groups is 7. The second-order valence-corrected chi connectivity index (χ2v) is 5.95. The summed E-state index contributed by atoms with van der Waals surface area (Å²) in [6.07, 6.45) is -15.1. The van der Waals surface area contributed by atoms with Gasteiger partial charge in [0.15, 0.2) is 6.29 Å². The summed E-state index contributed by atoms with van der Waals surface area (Å²) >= 11 is 0. The van der Waals surface area contributed by atoms with Crippen molar-refractivity contribution in [2.24, 2.45) is 0 Å². The summed E-state index contributed by atoms with van der Waals surface area (Å²) in [4.78, 5) is 10.5. The standard InChI is InChI=1S/C13H22O13.Mg.2H/c14-1-4-7(17)10(20)13(3-15,25-4)26-11-9(19)8(18)6(16)5(24-11)2-23-12(21)22;;;/h4-11,14-20H,1-3H2,(H,21,22);;;/q;+2;2*-1/t4-,5-,6-,7-,8+,9-,10+,11-,13+;;;/m1.../s1. The molecule has 8 N–H and O–H groups in total. The molecule has 0 bridgehead atoms. The molecule has 2 fully saturated rings. The number of ether oxygens (including phenoxy) is 4. The molecule has 0 aromatic rings. The number of carbonyl (C=O) groups is 1. The largest absolute Gasteiger partial charge is 2.00 e. The van der Waals surface area contributed by atoms with Gasteiger partial charge >= 0.3 is 29.2 Å². The monoisotopic (exact) mass is 412 g/mol. The predicted octanol–water partition coefficient (Wildman–Crippen LogP) is -4.85. The molecule has 0 amide bonds. The summed E-state index contributed by atoms with van der Waals surface area (Å²) in [5.74, 6) is -2.31. The van der Waals surface area contributed by atoms with Gasteiger partial charge in [-0.1, -0.05) is 0 Å². The summed E-state index contributed by atoms with van der Waals surface area (Å²) in [7, 11) is 0. The van der Waals surface area contributed by atoms with Gasteiger partial charge in [-0.2, -0.15) is 0 Å². The Bertz CT molecular complexity index is 505. The van der Waals surface area contributed by atoms with Crippen molar-refractivity contribution in [3.8, 4) is 0 Å². The van der Waals surface area contributed by atoms with E-state index in [-0.39, 0.29) is 25.9 Å². The minimum Gasteiger partial charge on any atom is -1.00 e. The van der Waals surface area contributed by atoms with E-state index in [1.807, 2.05) is 0 Å². The van der Waals surface area contributed by atoms with Crippen LogP contribution in [0.15, 0.2) is 0 Å². The van der Waals surface area contributed by atoms with Gasteiger partial charge < -0.3 is 62.7 Å². The van der Waals surface area contributed by atoms with Gasteiger partial charge in [0.2, 0.25) is 5.79 Å². The number of rotatable bonds is 6. The first-order valence-corrected chi connectivity index (χ1v) is 7.65. The summed E-state index contributed by atoms with van der Waals surface area (Å²) in [5, 5.41) is 76.7. The van der Waals surface area contributed by atoms with Gasteiger partial charge in [0.1, 0.15) is 55.9 Å². The minimum atomic E-state index is -2.31. The van der Waals surface area contributed by atoms with Crippen LogP contribution in [-0.4, -0.2) is 145 Å². The van der Waals surface area contributed by atoms with E-state index >= 15 is 0 Å². The predicted molar refractivity (Wildman–Crippen MR) is 83.5 cm³/mol. The normalized spacial score (nSPS) is 44.6. The zero-order chi connectivity index (χ0) is 19.6. The molecule has 2 aliphatic heterocycles. The summed E-state index contributed by atoms with van der Waals surface area (Å²) in [5.41, 5.74) is 0. The Balaban J connectivity index is 0. The molecule has 0 aromatic heterocycles. The molecule has 156 valence electrons. The molecule has 2 heterocycles. The fraction of sp³-hybridized carbons (Fsp3) is 0.923. The van der Waals surface area contributed by atoms with Crippen LogP contribution >= 0.6 is 0 Å². The first-order valence-electron chi connectivity index (χ1n) is 7.65. The first kappa shape index (κ1) is 24.7. The number of hydrogen-bond acceptors (Lipinski definition) is 12. The minimum absolute atomic E-state index is 0. The van der Waals surface area contributed by atoms with Crippen LogP contribution < -0.4 is 0 Å². The molecular weight excluding hydrogens is 388 g/mol. The van der Waals surface area contributed by atoms with E-state index in [1.54, 1.807) is 0 Å². The van der Waals surface area contributed by atoms with Crippen LogP contribution in [0.5, 0.6) is 0 Å². The SMILES string of the molecule is O=C(O)OC[C@H]1O[C@H](O[C@]2(CO)O[C@H](CO)[C@@H](O)[C@@H]2O)[C@H](O)[C@@H](O)[C@@H]1O.[H-].[H-].[Mg+2]. The zero-order valence-corrected chi connectivity index (χ0v) is 15.5. The topological polar surface area (TPSA) is 216 Å². The summed E-state index contributed by atoms with van der Waals surface area (Å²) in [6.45, 7) is -2.45. The first-order chi connectivity index (χ1) is 12.2. The molecule has 0 spiro atoms. The van der Waals surface area contributed by atoms with E-state index in [1.165, 1.54) is 0 Å². The van der Waals surface area contributed by atoms with Crippen molar-refractivity contribution in [3.05, 3.63) is 0 Å². The van der Waals surface area contributed by atoms with Gasteiger partial charge in [0.25, 0.3) is 0 Å². The van der Waals surface area contributed by atoms with Crippen LogP contribution in [0.3, 0.4) is 0 Å². The fourth-order valence-electron chi connectivity index (χ4n) is 2.77. The van der Waals surface area contributed by atoms with E-state index in [2.05, 4.69) is 4.74 Å². The zero-order valence-electron chi connectivity index (χ0n) is 16.1. The number of hydrogen-bond donors (Lipinski definition) is 8. The molecular formula is C13H24MgO13. The Hall–Kier alpha value is -0.364. The van der Waals surface area contributed by atoms with Crippen LogP contribution in [0, 0.1) is 0 Å². The molecule has 2 rings (SSSR count). The van der Waals surface area contributed by atoms with Crippen molar-refractivity contribution in [3.63, 3.8) is 0 Å². The second kappa shape index (κ2) is 9.90. The van der Waals surface area contributed by atoms with Crippen LogP contribution in [0.4, 0.5) is 4.79 Å². The molecule has 0 saturated carbocycles. The van der Waals surface area contributed by atoms with Crippen molar-refractivity contribution < 1.29 is 67.4 Å². The molecule has 14 heteroatoms. The average Bonchev–Trinajstić information content (AvgIpc) is 2.86. The van der Waals surface area contributed by atoms with E-state index in [9.17, 15) is 35.4 Å². The Morgan fingerprint density at radius 1 is 1.00 bits per heavy atom. The van der Waals surface area contributed by atoms with Crippen molar-refractivity contribution in [2.75, 3.05) is 19.8 Å². The molecule has 9 atom stereocenters. The molecule has 2 aliphatic rings. The molecule has 0 aromatic carbocycles. The van der Waals surface area contributed by atoms with Gasteiger partial charge in [-0.3, -0.25) is 0 Å². The molecule has 13 nitrogen and oxygen atoms in total. The van der Waals surface area contributed by atoms with Gasteiger partial charge in [-0.25, -0.2) is 4.79 Å². The number of carboxylic acid groups (broad SMARTS) is 1. The third kappa shape index (κ3) is 4.98. The van der Waals surface area contributed by atoms with E-state index < -0.39 is 80.8 Å². The fourth-order valence-corrected chi connectivity index (χ4v) is 2.77. The maximum Gasteiger partial charge on any atom is 2.00 e. The smallest absolute Gasteiger partial charge is 1.00 e. The molecule has 0 aliphatic carbocycles. The molecule has 0 unspecified atom stereocenters. The van der Waals surface area contributed by atoms with E-state index in [0.29, 0.717) is 0 Å². The van der Waals surface area contributed by atoms with Crippen LogP contribution in [0.25, 0.3) is 0 Å². The maximum atomic E-state index is 10.5. The summed E-state index contributed by atoms with van der Waals surface area (Å²) in [6, 6.07) is 0. The molecule has 2 saturated heterocycles. The van der Waals surface area contributed by atoms with Gasteiger partial charge in [-0.05, 0) is 0 Å². The Kier molecular flexibility index (Phi) is 9.05. The Labute approximate surface area is 171 Å². The molecule has 0 radical (unpaired) electrons. The Morgan fingerprint density at radius 3 is 2.11 bits per heavy atom. The van der Waals surface area contributed by atoms with E-state index in [0.717, 1.165) is 0 Å². The van der Waals surface area contributed by atoms with E-state index in [4.69, 9.17) is 24.4 Å². The van der Waals surface area contributed by atoms with Crippen molar-refractivity contribution >= 4 is 29.2 Å².